The zero-order valence-corrected chi connectivity index (χ0v) is 11.7. The van der Waals surface area contributed by atoms with Gasteiger partial charge in [-0.05, 0) is 34.5 Å². The molecule has 0 atom stereocenters. The Bertz CT molecular complexity index is 750. The summed E-state index contributed by atoms with van der Waals surface area (Å²) in [7, 11) is 0. The highest BCUT2D eigenvalue weighted by Crippen LogP contribution is 2.36. The van der Waals surface area contributed by atoms with Gasteiger partial charge in [0.15, 0.2) is 11.6 Å². The number of fused-ring (bicyclic) bond motifs is 2. The van der Waals surface area contributed by atoms with Crippen LogP contribution in [0.2, 0.25) is 0 Å². The number of ketones is 2. The van der Waals surface area contributed by atoms with Crippen LogP contribution >= 0.6 is 15.9 Å². The molecule has 4 heteroatoms. The van der Waals surface area contributed by atoms with Gasteiger partial charge in [0.25, 0.3) is 0 Å². The van der Waals surface area contributed by atoms with Gasteiger partial charge in [-0.2, -0.15) is 0 Å². The lowest BCUT2D eigenvalue weighted by Gasteiger charge is -2.21. The fraction of sp³-hybridized carbons (Fsp3) is 0.0667. The van der Waals surface area contributed by atoms with Crippen molar-refractivity contribution in [1.82, 2.24) is 0 Å². The zero-order valence-electron chi connectivity index (χ0n) is 10.2. The molecule has 0 saturated carbocycles. The Balaban J connectivity index is 2.43. The van der Waals surface area contributed by atoms with Crippen molar-refractivity contribution < 1.29 is 9.59 Å². The molecule has 0 saturated heterocycles. The first-order valence-corrected chi connectivity index (χ1v) is 6.58. The van der Waals surface area contributed by atoms with Crippen molar-refractivity contribution in [1.29, 1.82) is 0 Å². The Hall–Kier alpha value is -1.94. The van der Waals surface area contributed by atoms with Crippen LogP contribution in [0.4, 0.5) is 5.69 Å². The van der Waals surface area contributed by atoms with Gasteiger partial charge in [0, 0.05) is 21.3 Å². The van der Waals surface area contributed by atoms with Crippen LogP contribution in [-0.4, -0.2) is 11.6 Å². The molecule has 2 aromatic carbocycles. The van der Waals surface area contributed by atoms with E-state index in [2.05, 4.69) is 15.9 Å². The van der Waals surface area contributed by atoms with Gasteiger partial charge in [-0.25, -0.2) is 0 Å². The van der Waals surface area contributed by atoms with Crippen molar-refractivity contribution in [3.05, 3.63) is 62.6 Å². The number of halogens is 1. The second kappa shape index (κ2) is 4.03. The molecule has 19 heavy (non-hydrogen) atoms. The Morgan fingerprint density at radius 2 is 1.53 bits per heavy atom. The van der Waals surface area contributed by atoms with Crippen LogP contribution < -0.4 is 5.73 Å². The van der Waals surface area contributed by atoms with Crippen molar-refractivity contribution in [2.24, 2.45) is 0 Å². The molecular weight excluding hydrogens is 306 g/mol. The SMILES string of the molecule is Cc1cc(Br)c2c(c1N)C(=O)c1ccccc1C2=O. The highest BCUT2D eigenvalue weighted by Gasteiger charge is 2.33. The molecule has 3 nitrogen and oxygen atoms in total. The summed E-state index contributed by atoms with van der Waals surface area (Å²) in [5, 5.41) is 0. The third kappa shape index (κ3) is 1.56. The predicted octanol–water partition coefficient (Wildman–Crippen LogP) is 3.12. The van der Waals surface area contributed by atoms with Gasteiger partial charge in [0.05, 0.1) is 11.1 Å². The summed E-state index contributed by atoms with van der Waals surface area (Å²) in [5.41, 5.74) is 8.69. The van der Waals surface area contributed by atoms with Gasteiger partial charge >= 0.3 is 0 Å². The highest BCUT2D eigenvalue weighted by atomic mass is 79.9. The van der Waals surface area contributed by atoms with Crippen LogP contribution in [-0.2, 0) is 0 Å². The molecule has 1 aliphatic rings. The molecule has 0 bridgehead atoms. The van der Waals surface area contributed by atoms with E-state index in [9.17, 15) is 9.59 Å². The molecule has 0 unspecified atom stereocenters. The van der Waals surface area contributed by atoms with Crippen molar-refractivity contribution >= 4 is 33.2 Å². The van der Waals surface area contributed by atoms with Crippen LogP contribution in [0.3, 0.4) is 0 Å². The molecule has 0 heterocycles. The third-order valence-corrected chi connectivity index (χ3v) is 4.02. The normalized spacial score (nSPS) is 13.2. The highest BCUT2D eigenvalue weighted by molar-refractivity contribution is 9.10. The minimum absolute atomic E-state index is 0.163. The number of aryl methyl sites for hydroxylation is 1. The lowest BCUT2D eigenvalue weighted by atomic mass is 9.82. The van der Waals surface area contributed by atoms with E-state index >= 15 is 0 Å². The maximum absolute atomic E-state index is 12.5. The van der Waals surface area contributed by atoms with Gasteiger partial charge in [0.1, 0.15) is 0 Å². The fourth-order valence-corrected chi connectivity index (χ4v) is 3.12. The minimum atomic E-state index is -0.188. The number of benzene rings is 2. The van der Waals surface area contributed by atoms with Crippen molar-refractivity contribution in [3.8, 4) is 0 Å². The smallest absolute Gasteiger partial charge is 0.196 e. The molecular formula is C15H10BrNO2. The molecule has 3 rings (SSSR count). The molecule has 1 aliphatic carbocycles. The average molecular weight is 316 g/mol. The lowest BCUT2D eigenvalue weighted by Crippen LogP contribution is -2.23. The molecule has 94 valence electrons. The summed E-state index contributed by atoms with van der Waals surface area (Å²) in [6.07, 6.45) is 0. The molecule has 0 aromatic heterocycles. The molecule has 0 amide bonds. The standard InChI is InChI=1S/C15H10BrNO2/c1-7-6-10(16)11-12(13(7)17)15(19)9-5-3-2-4-8(9)14(11)18/h2-6H,17H2,1H3. The second-order valence-corrected chi connectivity index (χ2v) is 5.40. The van der Waals surface area contributed by atoms with Crippen molar-refractivity contribution in [2.45, 2.75) is 6.92 Å². The van der Waals surface area contributed by atoms with Crippen LogP contribution in [0.1, 0.15) is 37.4 Å². The maximum atomic E-state index is 12.5. The van der Waals surface area contributed by atoms with E-state index in [1.807, 2.05) is 6.92 Å². The van der Waals surface area contributed by atoms with Crippen LogP contribution in [0.5, 0.6) is 0 Å². The quantitative estimate of drug-likeness (QED) is 0.648. The van der Waals surface area contributed by atoms with Crippen molar-refractivity contribution in [2.75, 3.05) is 5.73 Å². The van der Waals surface area contributed by atoms with Gasteiger partial charge in [-0.1, -0.05) is 24.3 Å². The van der Waals surface area contributed by atoms with Gasteiger partial charge < -0.3 is 5.73 Å². The number of hydrogen-bond donors (Lipinski definition) is 1. The van der Waals surface area contributed by atoms with Gasteiger partial charge in [-0.3, -0.25) is 9.59 Å². The largest absolute Gasteiger partial charge is 0.398 e. The number of carbonyl (C=O) groups is 2. The number of nitrogen functional groups attached to an aromatic ring is 1. The van der Waals surface area contributed by atoms with Gasteiger partial charge in [0.2, 0.25) is 0 Å². The molecule has 0 aliphatic heterocycles. The number of rotatable bonds is 0. The molecule has 0 fully saturated rings. The molecule has 0 radical (unpaired) electrons. The second-order valence-electron chi connectivity index (χ2n) is 4.54. The predicted molar refractivity (Wildman–Crippen MR) is 76.6 cm³/mol. The Morgan fingerprint density at radius 1 is 1.00 bits per heavy atom. The summed E-state index contributed by atoms with van der Waals surface area (Å²) in [5.74, 6) is -0.351. The summed E-state index contributed by atoms with van der Waals surface area (Å²) < 4.78 is 0.613. The summed E-state index contributed by atoms with van der Waals surface area (Å²) in [4.78, 5) is 25.0. The Labute approximate surface area is 118 Å². The zero-order chi connectivity index (χ0) is 13.7. The summed E-state index contributed by atoms with van der Waals surface area (Å²) in [6, 6.07) is 8.60. The monoisotopic (exact) mass is 315 g/mol. The van der Waals surface area contributed by atoms with Gasteiger partial charge in [-0.15, -0.1) is 0 Å². The fourth-order valence-electron chi connectivity index (χ4n) is 2.40. The lowest BCUT2D eigenvalue weighted by molar-refractivity contribution is 0.0979. The first-order chi connectivity index (χ1) is 9.02. The number of carbonyl (C=O) groups excluding carboxylic acids is 2. The molecule has 2 N–H and O–H groups in total. The number of hydrogen-bond acceptors (Lipinski definition) is 3. The van der Waals surface area contributed by atoms with E-state index < -0.39 is 0 Å². The maximum Gasteiger partial charge on any atom is 0.196 e. The van der Waals surface area contributed by atoms with E-state index in [1.54, 1.807) is 30.3 Å². The summed E-state index contributed by atoms with van der Waals surface area (Å²) in [6.45, 7) is 1.82. The topological polar surface area (TPSA) is 60.2 Å². The van der Waals surface area contributed by atoms with Crippen LogP contribution in [0.15, 0.2) is 34.8 Å². The Morgan fingerprint density at radius 3 is 2.11 bits per heavy atom. The van der Waals surface area contributed by atoms with Crippen LogP contribution in [0.25, 0.3) is 0 Å². The average Bonchev–Trinajstić information content (AvgIpc) is 2.40. The summed E-state index contributed by atoms with van der Waals surface area (Å²) >= 11 is 3.36. The third-order valence-electron chi connectivity index (χ3n) is 3.40. The van der Waals surface area contributed by atoms with Crippen molar-refractivity contribution in [3.63, 3.8) is 0 Å². The molecule has 0 spiro atoms. The van der Waals surface area contributed by atoms with E-state index in [0.717, 1.165) is 5.56 Å². The minimum Gasteiger partial charge on any atom is -0.398 e. The first-order valence-electron chi connectivity index (χ1n) is 5.79. The van der Waals surface area contributed by atoms with Crippen LogP contribution in [0, 0.1) is 6.92 Å². The Kier molecular flexibility index (Phi) is 2.57. The van der Waals surface area contributed by atoms with E-state index in [0.29, 0.717) is 32.4 Å². The van der Waals surface area contributed by atoms with E-state index in [4.69, 9.17) is 5.73 Å². The number of nitrogens with two attached hydrogens (primary N) is 1. The molecule has 2 aromatic rings. The van der Waals surface area contributed by atoms with E-state index in [-0.39, 0.29) is 11.6 Å². The van der Waals surface area contributed by atoms with E-state index in [1.165, 1.54) is 0 Å². The first kappa shape index (κ1) is 12.1. The number of anilines is 1.